The van der Waals surface area contributed by atoms with E-state index in [4.69, 9.17) is 11.6 Å². The molecule has 1 unspecified atom stereocenters. The van der Waals surface area contributed by atoms with Crippen LogP contribution in [0.4, 0.5) is 8.78 Å². The lowest BCUT2D eigenvalue weighted by atomic mass is 9.96. The van der Waals surface area contributed by atoms with Crippen molar-refractivity contribution in [3.63, 3.8) is 0 Å². The molecule has 106 valence electrons. The van der Waals surface area contributed by atoms with Crippen molar-refractivity contribution in [2.45, 2.75) is 19.4 Å². The fourth-order valence-electron chi connectivity index (χ4n) is 2.22. The van der Waals surface area contributed by atoms with E-state index in [2.05, 4.69) is 5.32 Å². The lowest BCUT2D eigenvalue weighted by molar-refractivity contribution is 0.582. The van der Waals surface area contributed by atoms with Gasteiger partial charge in [0.05, 0.1) is 5.02 Å². The van der Waals surface area contributed by atoms with Crippen LogP contribution in [0, 0.1) is 18.6 Å². The molecule has 0 aliphatic carbocycles. The fourth-order valence-corrected chi connectivity index (χ4v) is 2.41. The van der Waals surface area contributed by atoms with Crippen molar-refractivity contribution in [2.24, 2.45) is 0 Å². The highest BCUT2D eigenvalue weighted by Crippen LogP contribution is 2.24. The monoisotopic (exact) mass is 295 g/mol. The molecule has 0 aromatic heterocycles. The van der Waals surface area contributed by atoms with Gasteiger partial charge < -0.3 is 5.32 Å². The summed E-state index contributed by atoms with van der Waals surface area (Å²) in [5, 5.41) is 3.29. The predicted octanol–water partition coefficient (Wildman–Crippen LogP) is 4.43. The molecular weight excluding hydrogens is 280 g/mol. The molecule has 2 aromatic carbocycles. The van der Waals surface area contributed by atoms with E-state index in [0.29, 0.717) is 6.42 Å². The van der Waals surface area contributed by atoms with Crippen molar-refractivity contribution < 1.29 is 8.78 Å². The highest BCUT2D eigenvalue weighted by Gasteiger charge is 2.13. The van der Waals surface area contributed by atoms with Crippen LogP contribution < -0.4 is 5.32 Å². The number of benzene rings is 2. The maximum atomic E-state index is 13.2. The van der Waals surface area contributed by atoms with Crippen LogP contribution in [0.1, 0.15) is 22.7 Å². The van der Waals surface area contributed by atoms with Gasteiger partial charge in [-0.3, -0.25) is 0 Å². The lowest BCUT2D eigenvalue weighted by Crippen LogP contribution is -2.19. The maximum Gasteiger partial charge on any atom is 0.141 e. The van der Waals surface area contributed by atoms with Crippen LogP contribution in [-0.4, -0.2) is 7.05 Å². The van der Waals surface area contributed by atoms with Crippen LogP contribution in [-0.2, 0) is 6.42 Å². The van der Waals surface area contributed by atoms with Crippen molar-refractivity contribution in [1.82, 2.24) is 5.32 Å². The largest absolute Gasteiger partial charge is 0.313 e. The molecule has 0 aliphatic rings. The first-order valence-corrected chi connectivity index (χ1v) is 6.76. The van der Waals surface area contributed by atoms with Crippen molar-refractivity contribution in [3.8, 4) is 0 Å². The number of hydrogen-bond acceptors (Lipinski definition) is 1. The lowest BCUT2D eigenvalue weighted by Gasteiger charge is -2.18. The third-order valence-corrected chi connectivity index (χ3v) is 3.71. The molecule has 0 amide bonds. The third kappa shape index (κ3) is 3.35. The molecule has 0 bridgehead atoms. The average molecular weight is 296 g/mol. The van der Waals surface area contributed by atoms with Gasteiger partial charge in [0.25, 0.3) is 0 Å². The molecule has 1 N–H and O–H groups in total. The van der Waals surface area contributed by atoms with Crippen LogP contribution in [0.3, 0.4) is 0 Å². The van der Waals surface area contributed by atoms with E-state index >= 15 is 0 Å². The molecule has 2 rings (SSSR count). The summed E-state index contributed by atoms with van der Waals surface area (Å²) in [6, 6.07) is 9.43. The van der Waals surface area contributed by atoms with Gasteiger partial charge in [-0.2, -0.15) is 0 Å². The van der Waals surface area contributed by atoms with E-state index in [1.54, 1.807) is 18.2 Å². The van der Waals surface area contributed by atoms with Crippen LogP contribution in [0.15, 0.2) is 36.4 Å². The third-order valence-electron chi connectivity index (χ3n) is 3.42. The predicted molar refractivity (Wildman–Crippen MR) is 78.1 cm³/mol. The molecule has 0 heterocycles. The summed E-state index contributed by atoms with van der Waals surface area (Å²) in [6.07, 6.45) is 0.685. The topological polar surface area (TPSA) is 12.0 Å². The van der Waals surface area contributed by atoms with Gasteiger partial charge in [0.15, 0.2) is 0 Å². The number of likely N-dealkylation sites (N-methyl/N-ethyl adjacent to an activating group) is 1. The Bertz CT molecular complexity index is 613. The second-order valence-electron chi connectivity index (χ2n) is 4.79. The molecule has 20 heavy (non-hydrogen) atoms. The van der Waals surface area contributed by atoms with Crippen LogP contribution in [0.2, 0.25) is 5.02 Å². The standard InChI is InChI=1S/C16H16ClF2N/c1-10-7-13(18)5-3-11(10)9-16(20-2)12-4-6-15(19)14(17)8-12/h3-8,16,20H,9H2,1-2H3. The molecular formula is C16H16ClF2N. The van der Waals surface area contributed by atoms with Gasteiger partial charge in [-0.1, -0.05) is 23.7 Å². The second kappa shape index (κ2) is 6.33. The van der Waals surface area contributed by atoms with Crippen LogP contribution in [0.5, 0.6) is 0 Å². The van der Waals surface area contributed by atoms with Gasteiger partial charge in [0.1, 0.15) is 11.6 Å². The fraction of sp³-hybridized carbons (Fsp3) is 0.250. The Kier molecular flexibility index (Phi) is 4.73. The van der Waals surface area contributed by atoms with Gasteiger partial charge in [0, 0.05) is 6.04 Å². The molecule has 2 aromatic rings. The number of nitrogens with one attached hydrogen (secondary N) is 1. The number of hydrogen-bond donors (Lipinski definition) is 1. The smallest absolute Gasteiger partial charge is 0.141 e. The molecule has 0 saturated carbocycles. The van der Waals surface area contributed by atoms with Crippen molar-refractivity contribution in [3.05, 3.63) is 69.7 Å². The van der Waals surface area contributed by atoms with Gasteiger partial charge in [-0.05, 0) is 61.3 Å². The van der Waals surface area contributed by atoms with Gasteiger partial charge in [-0.15, -0.1) is 0 Å². The number of aryl methyl sites for hydroxylation is 1. The molecule has 4 heteroatoms. The summed E-state index contributed by atoms with van der Waals surface area (Å²) < 4.78 is 26.3. The summed E-state index contributed by atoms with van der Waals surface area (Å²) >= 11 is 5.82. The first kappa shape index (κ1) is 14.9. The summed E-state index contributed by atoms with van der Waals surface area (Å²) in [7, 11) is 1.83. The number of halogens is 3. The summed E-state index contributed by atoms with van der Waals surface area (Å²) in [5.41, 5.74) is 2.85. The first-order valence-electron chi connectivity index (χ1n) is 6.38. The van der Waals surface area contributed by atoms with Gasteiger partial charge in [-0.25, -0.2) is 8.78 Å². The van der Waals surface area contributed by atoms with E-state index in [1.807, 2.05) is 14.0 Å². The van der Waals surface area contributed by atoms with Gasteiger partial charge in [0.2, 0.25) is 0 Å². The summed E-state index contributed by atoms with van der Waals surface area (Å²) in [6.45, 7) is 1.88. The second-order valence-corrected chi connectivity index (χ2v) is 5.20. The Hall–Kier alpha value is -1.45. The van der Waals surface area contributed by atoms with Crippen LogP contribution in [0.25, 0.3) is 0 Å². The Labute approximate surface area is 122 Å². The zero-order valence-electron chi connectivity index (χ0n) is 11.4. The van der Waals surface area contributed by atoms with E-state index < -0.39 is 5.82 Å². The molecule has 0 fully saturated rings. The van der Waals surface area contributed by atoms with Gasteiger partial charge >= 0.3 is 0 Å². The van der Waals surface area contributed by atoms with E-state index in [1.165, 1.54) is 18.2 Å². The zero-order valence-corrected chi connectivity index (χ0v) is 12.1. The summed E-state index contributed by atoms with van der Waals surface area (Å²) in [4.78, 5) is 0. The highest BCUT2D eigenvalue weighted by molar-refractivity contribution is 6.30. The van der Waals surface area contributed by atoms with Crippen molar-refractivity contribution in [2.75, 3.05) is 7.05 Å². The molecule has 0 spiro atoms. The minimum atomic E-state index is -0.428. The Morgan fingerprint density at radius 3 is 2.50 bits per heavy atom. The molecule has 0 saturated heterocycles. The Morgan fingerprint density at radius 1 is 1.15 bits per heavy atom. The van der Waals surface area contributed by atoms with E-state index in [-0.39, 0.29) is 16.9 Å². The highest BCUT2D eigenvalue weighted by atomic mass is 35.5. The minimum Gasteiger partial charge on any atom is -0.313 e. The molecule has 1 nitrogen and oxygen atoms in total. The van der Waals surface area contributed by atoms with Crippen LogP contribution >= 0.6 is 11.6 Å². The zero-order chi connectivity index (χ0) is 14.7. The molecule has 0 radical (unpaired) electrons. The summed E-state index contributed by atoms with van der Waals surface area (Å²) in [5.74, 6) is -0.666. The molecule has 0 aliphatic heterocycles. The Balaban J connectivity index is 2.26. The van der Waals surface area contributed by atoms with E-state index in [0.717, 1.165) is 16.7 Å². The SMILES string of the molecule is CNC(Cc1ccc(F)cc1C)c1ccc(F)c(Cl)c1. The maximum absolute atomic E-state index is 13.2. The number of rotatable bonds is 4. The van der Waals surface area contributed by atoms with E-state index in [9.17, 15) is 8.78 Å². The molecule has 1 atom stereocenters. The Morgan fingerprint density at radius 2 is 1.90 bits per heavy atom. The average Bonchev–Trinajstić information content (AvgIpc) is 2.41. The van der Waals surface area contributed by atoms with Crippen molar-refractivity contribution >= 4 is 11.6 Å². The first-order chi connectivity index (χ1) is 9.51. The van der Waals surface area contributed by atoms with Crippen molar-refractivity contribution in [1.29, 1.82) is 0 Å². The normalized spacial score (nSPS) is 12.4. The minimum absolute atomic E-state index is 0.00254. The quantitative estimate of drug-likeness (QED) is 0.880.